The summed E-state index contributed by atoms with van der Waals surface area (Å²) >= 11 is 12.5. The second kappa shape index (κ2) is 9.55. The van der Waals surface area contributed by atoms with E-state index >= 15 is 0 Å². The van der Waals surface area contributed by atoms with E-state index in [0.717, 1.165) is 27.0 Å². The number of hydrogen-bond donors (Lipinski definition) is 0. The Labute approximate surface area is 237 Å². The molecule has 0 unspecified atom stereocenters. The molecular formula is C30H22BrClN3OPS. The Balaban J connectivity index is 1.64. The van der Waals surface area contributed by atoms with E-state index in [1.807, 2.05) is 60.7 Å². The molecular weight excluding hydrogens is 597 g/mol. The molecule has 0 aliphatic carbocycles. The summed E-state index contributed by atoms with van der Waals surface area (Å²) in [5, 5.41) is 5.47. The molecule has 0 aliphatic heterocycles. The third kappa shape index (κ3) is 3.95. The number of halogens is 2. The molecule has 0 N–H and O–H groups in total. The summed E-state index contributed by atoms with van der Waals surface area (Å²) in [6, 6.07) is 38.7. The number of hydrogen-bond acceptors (Lipinski definition) is 4. The first-order valence-electron chi connectivity index (χ1n) is 12.0. The van der Waals surface area contributed by atoms with Gasteiger partial charge < -0.3 is 0 Å². The van der Waals surface area contributed by atoms with Crippen LogP contribution in [0, 0.1) is 0 Å². The number of aromatic nitrogens is 3. The summed E-state index contributed by atoms with van der Waals surface area (Å²) in [6.45, 7) is 2.27. The van der Waals surface area contributed by atoms with Crippen molar-refractivity contribution in [3.63, 3.8) is 0 Å². The van der Waals surface area contributed by atoms with Crippen LogP contribution in [0.2, 0.25) is 5.02 Å². The Morgan fingerprint density at radius 1 is 0.789 bits per heavy atom. The van der Waals surface area contributed by atoms with Crippen LogP contribution in [-0.4, -0.2) is 21.3 Å². The summed E-state index contributed by atoms with van der Waals surface area (Å²) in [4.78, 5) is 18.9. The standard InChI is InChI=1S/C30H22BrClN3OPS/c1-37(31,22-15-7-3-8-16-22,23-17-9-4-10-18-23)25-20-12-11-19-24(25)27-26(32)29(36)35-30(33-27)38-28(34-35)21-13-5-2-6-14-21/h2-20H,1H3. The molecule has 0 saturated heterocycles. The predicted octanol–water partition coefficient (Wildman–Crippen LogP) is 6.91. The summed E-state index contributed by atoms with van der Waals surface area (Å²) in [5.74, 6) is 0. The summed E-state index contributed by atoms with van der Waals surface area (Å²) in [6.07, 6.45) is 0. The van der Waals surface area contributed by atoms with Gasteiger partial charge in [-0.1, -0.05) is 0 Å². The van der Waals surface area contributed by atoms with Crippen molar-refractivity contribution < 1.29 is 0 Å². The quantitative estimate of drug-likeness (QED) is 0.197. The fourth-order valence-electron chi connectivity index (χ4n) is 4.83. The molecule has 0 radical (unpaired) electrons. The molecule has 6 rings (SSSR count). The van der Waals surface area contributed by atoms with Crippen molar-refractivity contribution in [2.75, 3.05) is 6.66 Å². The van der Waals surface area contributed by atoms with Gasteiger partial charge >= 0.3 is 238 Å². The van der Waals surface area contributed by atoms with Crippen molar-refractivity contribution in [2.45, 2.75) is 0 Å². The summed E-state index contributed by atoms with van der Waals surface area (Å²) < 4.78 is 1.30. The van der Waals surface area contributed by atoms with Gasteiger partial charge in [0.05, 0.1) is 0 Å². The maximum absolute atomic E-state index is 13.5. The maximum atomic E-state index is 13.5. The number of nitrogens with zero attached hydrogens (tertiary/aromatic N) is 3. The van der Waals surface area contributed by atoms with E-state index < -0.39 is 5.31 Å². The first-order valence-corrected chi connectivity index (χ1v) is 17.9. The Morgan fingerprint density at radius 3 is 1.92 bits per heavy atom. The van der Waals surface area contributed by atoms with Gasteiger partial charge in [0, 0.05) is 0 Å². The molecule has 8 heteroatoms. The number of rotatable bonds is 5. The molecule has 0 aliphatic rings. The molecule has 2 heterocycles. The van der Waals surface area contributed by atoms with E-state index in [1.54, 1.807) is 0 Å². The number of fused-ring (bicyclic) bond motifs is 1. The van der Waals surface area contributed by atoms with Crippen LogP contribution in [0.1, 0.15) is 0 Å². The third-order valence-electron chi connectivity index (χ3n) is 6.85. The van der Waals surface area contributed by atoms with E-state index in [-0.39, 0.29) is 10.6 Å². The van der Waals surface area contributed by atoms with Crippen LogP contribution in [0.5, 0.6) is 0 Å². The van der Waals surface area contributed by atoms with Gasteiger partial charge in [0.15, 0.2) is 0 Å². The molecule has 0 fully saturated rings. The first-order chi connectivity index (χ1) is 18.4. The fourth-order valence-corrected chi connectivity index (χ4v) is 12.1. The molecule has 0 amide bonds. The second-order valence-corrected chi connectivity index (χ2v) is 20.2. The van der Waals surface area contributed by atoms with Crippen LogP contribution in [0.25, 0.3) is 26.8 Å². The molecule has 188 valence electrons. The molecule has 4 aromatic carbocycles. The minimum absolute atomic E-state index is 0.0481. The van der Waals surface area contributed by atoms with Crippen molar-refractivity contribution >= 4 is 64.6 Å². The van der Waals surface area contributed by atoms with Gasteiger partial charge in [0.25, 0.3) is 0 Å². The predicted molar refractivity (Wildman–Crippen MR) is 167 cm³/mol. The van der Waals surface area contributed by atoms with E-state index in [1.165, 1.54) is 15.9 Å². The first kappa shape index (κ1) is 25.1. The zero-order valence-corrected chi connectivity index (χ0v) is 24.4. The van der Waals surface area contributed by atoms with Crippen LogP contribution in [0.4, 0.5) is 0 Å². The normalized spacial score (nSPS) is 12.8. The fraction of sp³-hybridized carbons (Fsp3) is 0.0333. The van der Waals surface area contributed by atoms with Crippen LogP contribution in [0.3, 0.4) is 0 Å². The molecule has 4 nitrogen and oxygen atoms in total. The Kier molecular flexibility index (Phi) is 6.32. The zero-order chi connectivity index (χ0) is 26.4. The summed E-state index contributed by atoms with van der Waals surface area (Å²) in [7, 11) is 0. The van der Waals surface area contributed by atoms with Gasteiger partial charge in [-0.3, -0.25) is 0 Å². The van der Waals surface area contributed by atoms with Crippen molar-refractivity contribution in [3.05, 3.63) is 131 Å². The summed E-state index contributed by atoms with van der Waals surface area (Å²) in [5.41, 5.74) is 1.81. The van der Waals surface area contributed by atoms with Gasteiger partial charge in [-0.2, -0.15) is 0 Å². The van der Waals surface area contributed by atoms with E-state index in [2.05, 4.69) is 81.9 Å². The van der Waals surface area contributed by atoms with Crippen molar-refractivity contribution in [3.8, 4) is 21.8 Å². The van der Waals surface area contributed by atoms with E-state index in [4.69, 9.17) is 16.6 Å². The Morgan fingerprint density at radius 2 is 1.32 bits per heavy atom. The van der Waals surface area contributed by atoms with Crippen LogP contribution >= 0.6 is 43.7 Å². The topological polar surface area (TPSA) is 47.3 Å². The Hall–Kier alpha value is -3.15. The minimum atomic E-state index is -3.18. The molecule has 2 aromatic heterocycles. The Bertz CT molecular complexity index is 1800. The average molecular weight is 619 g/mol. The number of benzene rings is 4. The van der Waals surface area contributed by atoms with Crippen LogP contribution in [0.15, 0.2) is 120 Å². The average Bonchev–Trinajstić information content (AvgIpc) is 3.41. The van der Waals surface area contributed by atoms with Gasteiger partial charge in [0.1, 0.15) is 0 Å². The molecule has 6 aromatic rings. The van der Waals surface area contributed by atoms with Crippen molar-refractivity contribution in [2.24, 2.45) is 0 Å². The van der Waals surface area contributed by atoms with Gasteiger partial charge in [-0.25, -0.2) is 0 Å². The molecule has 0 atom stereocenters. The SMILES string of the molecule is CP(Br)(c1ccccc1)(c1ccccc1)c1ccccc1-c1nc2sc(-c3ccccc3)nn2c(=O)c1Cl. The molecule has 0 saturated carbocycles. The van der Waals surface area contributed by atoms with Crippen molar-refractivity contribution in [1.82, 2.24) is 14.6 Å². The van der Waals surface area contributed by atoms with E-state index in [9.17, 15) is 4.79 Å². The molecule has 38 heavy (non-hydrogen) atoms. The van der Waals surface area contributed by atoms with Crippen LogP contribution < -0.4 is 21.5 Å². The van der Waals surface area contributed by atoms with Crippen LogP contribution in [-0.2, 0) is 0 Å². The monoisotopic (exact) mass is 617 g/mol. The zero-order valence-electron chi connectivity index (χ0n) is 20.3. The van der Waals surface area contributed by atoms with Gasteiger partial charge in [-0.15, -0.1) is 0 Å². The van der Waals surface area contributed by atoms with E-state index in [0.29, 0.717) is 15.7 Å². The molecule has 0 spiro atoms. The molecule has 0 bridgehead atoms. The van der Waals surface area contributed by atoms with Gasteiger partial charge in [-0.05, 0) is 0 Å². The third-order valence-corrected chi connectivity index (χ3v) is 16.3. The van der Waals surface area contributed by atoms with Crippen molar-refractivity contribution in [1.29, 1.82) is 0 Å². The second-order valence-electron chi connectivity index (χ2n) is 9.16. The van der Waals surface area contributed by atoms with Gasteiger partial charge in [0.2, 0.25) is 0 Å².